The number of aromatic nitrogens is 1. The average molecular weight is 326 g/mol. The smallest absolute Gasteiger partial charge is 0.340 e. The Bertz CT molecular complexity index is 798. The number of benzene rings is 1. The molecule has 0 atom stereocenters. The molecule has 0 fully saturated rings. The van der Waals surface area contributed by atoms with Crippen molar-refractivity contribution in [1.82, 2.24) is 4.98 Å². The molecule has 6 nitrogen and oxygen atoms in total. The topological polar surface area (TPSA) is 92.2 Å². The van der Waals surface area contributed by atoms with Crippen LogP contribution < -0.4 is 4.74 Å². The minimum atomic E-state index is -0.527. The summed E-state index contributed by atoms with van der Waals surface area (Å²) in [6.07, 6.45) is 0. The maximum Gasteiger partial charge on any atom is 0.340 e. The minimum Gasteiger partial charge on any atom is -0.485 e. The summed E-state index contributed by atoms with van der Waals surface area (Å²) in [5.74, 6) is -0.365. The summed E-state index contributed by atoms with van der Waals surface area (Å²) < 4.78 is 10.5. The molecule has 2 rings (SSSR count). The third-order valence-electron chi connectivity index (χ3n) is 3.49. The van der Waals surface area contributed by atoms with Gasteiger partial charge in [-0.05, 0) is 45.0 Å². The maximum absolute atomic E-state index is 12.5. The third kappa shape index (κ3) is 3.63. The Labute approximate surface area is 140 Å². The van der Waals surface area contributed by atoms with E-state index in [0.29, 0.717) is 28.3 Å². The zero-order valence-electron chi connectivity index (χ0n) is 13.8. The summed E-state index contributed by atoms with van der Waals surface area (Å²) in [5.41, 5.74) is 2.24. The number of ether oxygens (including phenoxy) is 2. The number of rotatable bonds is 6. The highest BCUT2D eigenvalue weighted by atomic mass is 16.5. The molecular formula is C18H18N2O4. The molecule has 0 aliphatic carbocycles. The van der Waals surface area contributed by atoms with Gasteiger partial charge in [-0.15, -0.1) is 0 Å². The molecule has 0 aliphatic heterocycles. The number of nitrogens with one attached hydrogen (secondary N) is 1. The number of carbonyl (C=O) groups excluding carboxylic acids is 2. The first-order chi connectivity index (χ1) is 11.5. The molecule has 0 unspecified atom stereocenters. The van der Waals surface area contributed by atoms with Crippen molar-refractivity contribution in [3.8, 4) is 11.8 Å². The molecule has 2 aromatic rings. The van der Waals surface area contributed by atoms with Crippen LogP contribution in [0.1, 0.15) is 44.6 Å². The Balaban J connectivity index is 2.17. The predicted octanol–water partition coefficient (Wildman–Crippen LogP) is 2.94. The number of aromatic amines is 1. The van der Waals surface area contributed by atoms with Gasteiger partial charge in [0.05, 0.1) is 29.4 Å². The van der Waals surface area contributed by atoms with Gasteiger partial charge in [0.15, 0.2) is 6.61 Å². The lowest BCUT2D eigenvalue weighted by atomic mass is 10.1. The van der Waals surface area contributed by atoms with Crippen molar-refractivity contribution in [3.05, 3.63) is 52.3 Å². The summed E-state index contributed by atoms with van der Waals surface area (Å²) in [6, 6.07) is 8.46. The molecule has 0 radical (unpaired) electrons. The summed E-state index contributed by atoms with van der Waals surface area (Å²) in [5, 5.41) is 8.76. The van der Waals surface area contributed by atoms with E-state index >= 15 is 0 Å². The number of hydrogen-bond acceptors (Lipinski definition) is 5. The van der Waals surface area contributed by atoms with Crippen molar-refractivity contribution >= 4 is 11.8 Å². The molecule has 1 heterocycles. The molecule has 1 aromatic heterocycles. The number of Topliss-reactive ketones (excluding diaryl/α,β-unsaturated/α-hetero) is 1. The van der Waals surface area contributed by atoms with E-state index in [1.54, 1.807) is 45.0 Å². The number of carbonyl (C=O) groups is 2. The van der Waals surface area contributed by atoms with Crippen LogP contribution in [0.25, 0.3) is 0 Å². The highest BCUT2D eigenvalue weighted by Gasteiger charge is 2.25. The monoisotopic (exact) mass is 326 g/mol. The quantitative estimate of drug-likeness (QED) is 0.651. The fraction of sp³-hybridized carbons (Fsp3) is 0.278. The summed E-state index contributed by atoms with van der Waals surface area (Å²) >= 11 is 0. The first kappa shape index (κ1) is 17.3. The minimum absolute atomic E-state index is 0.212. The van der Waals surface area contributed by atoms with E-state index in [2.05, 4.69) is 4.98 Å². The first-order valence-electron chi connectivity index (χ1n) is 7.50. The summed E-state index contributed by atoms with van der Waals surface area (Å²) in [7, 11) is 0. The van der Waals surface area contributed by atoms with Crippen LogP contribution in [0.5, 0.6) is 5.75 Å². The van der Waals surface area contributed by atoms with E-state index in [1.807, 2.05) is 6.07 Å². The number of nitriles is 1. The summed E-state index contributed by atoms with van der Waals surface area (Å²) in [6.45, 7) is 5.18. The van der Waals surface area contributed by atoms with Crippen molar-refractivity contribution in [3.63, 3.8) is 0 Å². The molecule has 0 amide bonds. The Morgan fingerprint density at radius 1 is 1.12 bits per heavy atom. The molecule has 1 N–H and O–H groups in total. The lowest BCUT2D eigenvalue weighted by molar-refractivity contribution is 0.0522. The van der Waals surface area contributed by atoms with Crippen LogP contribution >= 0.6 is 0 Å². The molecule has 0 spiro atoms. The zero-order valence-corrected chi connectivity index (χ0v) is 13.8. The third-order valence-corrected chi connectivity index (χ3v) is 3.49. The zero-order chi connectivity index (χ0) is 17.7. The van der Waals surface area contributed by atoms with Crippen molar-refractivity contribution < 1.29 is 19.1 Å². The van der Waals surface area contributed by atoms with E-state index in [9.17, 15) is 9.59 Å². The molecule has 0 saturated heterocycles. The molecule has 124 valence electrons. The molecule has 0 saturated carbocycles. The van der Waals surface area contributed by atoms with Crippen LogP contribution in [0.4, 0.5) is 0 Å². The standard InChI is InChI=1S/C18H18N2O4/c1-4-23-18(22)17-12(3)20-11(2)16(17)15(21)10-24-14-7-5-13(9-19)6-8-14/h5-8,20H,4,10H2,1-3H3. The average Bonchev–Trinajstić information content (AvgIpc) is 2.87. The fourth-order valence-electron chi connectivity index (χ4n) is 2.43. The first-order valence-corrected chi connectivity index (χ1v) is 7.50. The normalized spacial score (nSPS) is 10.1. The number of ketones is 1. The highest BCUT2D eigenvalue weighted by Crippen LogP contribution is 2.21. The van der Waals surface area contributed by atoms with Crippen LogP contribution in [0.3, 0.4) is 0 Å². The van der Waals surface area contributed by atoms with Crippen LogP contribution in [0.15, 0.2) is 24.3 Å². The number of nitrogens with zero attached hydrogens (tertiary/aromatic N) is 1. The van der Waals surface area contributed by atoms with Crippen LogP contribution in [-0.4, -0.2) is 30.0 Å². The molecule has 0 bridgehead atoms. The van der Waals surface area contributed by atoms with Gasteiger partial charge in [-0.25, -0.2) is 4.79 Å². The van der Waals surface area contributed by atoms with E-state index in [4.69, 9.17) is 14.7 Å². The van der Waals surface area contributed by atoms with Crippen LogP contribution in [0, 0.1) is 25.2 Å². The Morgan fingerprint density at radius 3 is 2.33 bits per heavy atom. The molecule has 24 heavy (non-hydrogen) atoms. The van der Waals surface area contributed by atoms with Crippen LogP contribution in [0.2, 0.25) is 0 Å². The van der Waals surface area contributed by atoms with Crippen LogP contribution in [-0.2, 0) is 4.74 Å². The lowest BCUT2D eigenvalue weighted by Crippen LogP contribution is -2.17. The van der Waals surface area contributed by atoms with E-state index in [-0.39, 0.29) is 24.6 Å². The number of H-pyrrole nitrogens is 1. The largest absolute Gasteiger partial charge is 0.485 e. The number of esters is 1. The van der Waals surface area contributed by atoms with Crippen molar-refractivity contribution in [1.29, 1.82) is 5.26 Å². The second-order valence-electron chi connectivity index (χ2n) is 5.19. The van der Waals surface area contributed by atoms with Gasteiger partial charge in [0.25, 0.3) is 0 Å². The molecule has 0 aliphatic rings. The van der Waals surface area contributed by atoms with E-state index in [0.717, 1.165) is 0 Å². The van der Waals surface area contributed by atoms with E-state index in [1.165, 1.54) is 0 Å². The van der Waals surface area contributed by atoms with Gasteiger partial charge in [0.2, 0.25) is 5.78 Å². The lowest BCUT2D eigenvalue weighted by Gasteiger charge is -2.08. The highest BCUT2D eigenvalue weighted by molar-refractivity contribution is 6.08. The fourth-order valence-corrected chi connectivity index (χ4v) is 2.43. The predicted molar refractivity (Wildman–Crippen MR) is 87.2 cm³/mol. The van der Waals surface area contributed by atoms with Crippen molar-refractivity contribution in [2.45, 2.75) is 20.8 Å². The second kappa shape index (κ2) is 7.47. The second-order valence-corrected chi connectivity index (χ2v) is 5.19. The summed E-state index contributed by atoms with van der Waals surface area (Å²) in [4.78, 5) is 27.6. The van der Waals surface area contributed by atoms with E-state index < -0.39 is 5.97 Å². The van der Waals surface area contributed by atoms with Gasteiger partial charge in [0, 0.05) is 11.4 Å². The molecule has 6 heteroatoms. The van der Waals surface area contributed by atoms with Crippen molar-refractivity contribution in [2.24, 2.45) is 0 Å². The van der Waals surface area contributed by atoms with Gasteiger partial charge >= 0.3 is 5.97 Å². The molecular weight excluding hydrogens is 308 g/mol. The number of aryl methyl sites for hydroxylation is 2. The van der Waals surface area contributed by atoms with Gasteiger partial charge in [-0.2, -0.15) is 5.26 Å². The molecule has 1 aromatic carbocycles. The maximum atomic E-state index is 12.5. The Morgan fingerprint density at radius 2 is 1.75 bits per heavy atom. The Kier molecular flexibility index (Phi) is 5.38. The van der Waals surface area contributed by atoms with Gasteiger partial charge in [-0.1, -0.05) is 0 Å². The van der Waals surface area contributed by atoms with Crippen molar-refractivity contribution in [2.75, 3.05) is 13.2 Å². The Hall–Kier alpha value is -3.07. The van der Waals surface area contributed by atoms with Gasteiger partial charge in [-0.3, -0.25) is 4.79 Å². The number of hydrogen-bond donors (Lipinski definition) is 1. The van der Waals surface area contributed by atoms with Gasteiger partial charge < -0.3 is 14.5 Å². The van der Waals surface area contributed by atoms with Gasteiger partial charge in [0.1, 0.15) is 5.75 Å². The SMILES string of the molecule is CCOC(=O)c1c(C)[nH]c(C)c1C(=O)COc1ccc(C#N)cc1.